The van der Waals surface area contributed by atoms with Crippen LogP contribution in [0, 0.1) is 40.5 Å². The Balaban J connectivity index is 0.000000159. The lowest BCUT2D eigenvalue weighted by atomic mass is 9.95. The van der Waals surface area contributed by atoms with Crippen molar-refractivity contribution in [3.05, 3.63) is 228 Å². The van der Waals surface area contributed by atoms with E-state index in [1.807, 2.05) is 24.3 Å². The summed E-state index contributed by atoms with van der Waals surface area (Å²) < 4.78 is 0. The molecule has 3 unspecified atom stereocenters. The molecule has 1 fully saturated rings. The van der Waals surface area contributed by atoms with Gasteiger partial charge in [0.2, 0.25) is 0 Å². The molecule has 9 rings (SSSR count). The average molecular weight is 788 g/mol. The number of aliphatic hydroxyl groups excluding tert-OH is 1. The molecule has 0 radical (unpaired) electrons. The maximum absolute atomic E-state index is 9.66. The van der Waals surface area contributed by atoms with Crippen LogP contribution < -0.4 is 4.90 Å². The van der Waals surface area contributed by atoms with Gasteiger partial charge in [-0.25, -0.2) is 0 Å². The number of para-hydroxylation sites is 1. The Hall–Kier alpha value is -6.22. The summed E-state index contributed by atoms with van der Waals surface area (Å²) in [6.45, 7) is 19.2. The quantitative estimate of drug-likeness (QED) is 0.174. The van der Waals surface area contributed by atoms with Crippen molar-refractivity contribution in [2.45, 2.75) is 73.3 Å². The molecule has 0 aliphatic heterocycles. The Morgan fingerprint density at radius 3 is 1.58 bits per heavy atom. The van der Waals surface area contributed by atoms with Crippen molar-refractivity contribution < 1.29 is 5.11 Å². The second-order valence-corrected chi connectivity index (χ2v) is 16.5. The van der Waals surface area contributed by atoms with E-state index in [4.69, 9.17) is 0 Å². The van der Waals surface area contributed by atoms with E-state index in [0.29, 0.717) is 6.42 Å². The second kappa shape index (κ2) is 20.7. The maximum atomic E-state index is 9.66. The molecule has 3 atom stereocenters. The fraction of sp³-hybridized carbons (Fsp3) is 0.207. The lowest BCUT2D eigenvalue weighted by Gasteiger charge is -2.27. The number of benzene rings is 8. The van der Waals surface area contributed by atoms with Crippen molar-refractivity contribution in [3.63, 3.8) is 0 Å². The van der Waals surface area contributed by atoms with E-state index in [1.165, 1.54) is 55.8 Å². The molecular formula is C58H61NO. The largest absolute Gasteiger partial charge is 0.393 e. The van der Waals surface area contributed by atoms with Crippen LogP contribution in [0.25, 0.3) is 27.1 Å². The summed E-state index contributed by atoms with van der Waals surface area (Å²) in [5.74, 6) is 1.78. The molecule has 1 N–H and O–H groups in total. The Morgan fingerprint density at radius 1 is 0.567 bits per heavy atom. The highest BCUT2D eigenvalue weighted by molar-refractivity contribution is 5.99. The number of rotatable bonds is 7. The first kappa shape index (κ1) is 43.4. The van der Waals surface area contributed by atoms with Gasteiger partial charge in [0.15, 0.2) is 0 Å². The lowest BCUT2D eigenvalue weighted by molar-refractivity contribution is 0.201. The van der Waals surface area contributed by atoms with Gasteiger partial charge in [-0.05, 0) is 146 Å². The molecule has 0 aromatic heterocycles. The number of fused-ring (bicyclic) bond motifs is 2. The topological polar surface area (TPSA) is 23.5 Å². The third-order valence-corrected chi connectivity index (χ3v) is 11.3. The Bertz CT molecular complexity index is 2570. The van der Waals surface area contributed by atoms with Crippen LogP contribution in [0.15, 0.2) is 189 Å². The normalized spacial score (nSPS) is 14.3. The number of hydrogen-bond donors (Lipinski definition) is 1. The molecule has 1 aliphatic rings. The highest BCUT2D eigenvalue weighted by Crippen LogP contribution is 2.49. The molecule has 0 heterocycles. The predicted molar refractivity (Wildman–Crippen MR) is 261 cm³/mol. The van der Waals surface area contributed by atoms with Gasteiger partial charge in [-0.15, -0.1) is 0 Å². The van der Waals surface area contributed by atoms with Crippen LogP contribution in [-0.4, -0.2) is 11.2 Å². The molecule has 0 bridgehead atoms. The van der Waals surface area contributed by atoms with Crippen LogP contribution in [0.3, 0.4) is 0 Å². The van der Waals surface area contributed by atoms with Crippen LogP contribution in [0.5, 0.6) is 0 Å². The fourth-order valence-corrected chi connectivity index (χ4v) is 8.15. The summed E-state index contributed by atoms with van der Waals surface area (Å²) in [5, 5.41) is 14.8. The number of hydrogen-bond acceptors (Lipinski definition) is 2. The van der Waals surface area contributed by atoms with E-state index in [1.54, 1.807) is 12.5 Å². The van der Waals surface area contributed by atoms with Crippen LogP contribution in [0.1, 0.15) is 71.6 Å². The SMILES string of the molecule is C=C(CC(C)O)c1ccc(N(c2ccccc2)c2cccc3ccccc23)cc1.Cc1cc(C)c(C2CC2C)c(C)c1.Cc1cccc2ccccc12.Cc1ccccc1. The second-order valence-electron chi connectivity index (χ2n) is 16.5. The first-order valence-corrected chi connectivity index (χ1v) is 21.3. The number of aryl methyl sites for hydroxylation is 5. The van der Waals surface area contributed by atoms with Gasteiger partial charge in [-0.3, -0.25) is 0 Å². The van der Waals surface area contributed by atoms with E-state index >= 15 is 0 Å². The molecule has 2 nitrogen and oxygen atoms in total. The molecule has 0 amide bonds. The van der Waals surface area contributed by atoms with E-state index < -0.39 is 6.10 Å². The maximum Gasteiger partial charge on any atom is 0.0552 e. The molecule has 8 aromatic rings. The molecule has 2 heteroatoms. The fourth-order valence-electron chi connectivity index (χ4n) is 8.15. The van der Waals surface area contributed by atoms with Crippen molar-refractivity contribution >= 4 is 44.2 Å². The third-order valence-electron chi connectivity index (χ3n) is 11.3. The molecule has 60 heavy (non-hydrogen) atoms. The van der Waals surface area contributed by atoms with E-state index in [-0.39, 0.29) is 0 Å². The Morgan fingerprint density at radius 2 is 1.05 bits per heavy atom. The number of nitrogens with zero attached hydrogens (tertiary/aromatic N) is 1. The summed E-state index contributed by atoms with van der Waals surface area (Å²) in [6.07, 6.45) is 1.58. The van der Waals surface area contributed by atoms with Crippen molar-refractivity contribution in [2.75, 3.05) is 4.90 Å². The molecule has 0 spiro atoms. The zero-order chi connectivity index (χ0) is 42.6. The summed E-state index contributed by atoms with van der Waals surface area (Å²) in [5.41, 5.74) is 14.0. The number of anilines is 3. The third kappa shape index (κ3) is 11.5. The van der Waals surface area contributed by atoms with Gasteiger partial charge in [0.1, 0.15) is 0 Å². The van der Waals surface area contributed by atoms with Crippen LogP contribution in [0.4, 0.5) is 17.1 Å². The zero-order valence-electron chi connectivity index (χ0n) is 36.6. The van der Waals surface area contributed by atoms with Crippen molar-refractivity contribution in [1.82, 2.24) is 0 Å². The highest BCUT2D eigenvalue weighted by atomic mass is 16.3. The van der Waals surface area contributed by atoms with Crippen LogP contribution in [-0.2, 0) is 0 Å². The van der Waals surface area contributed by atoms with E-state index in [2.05, 4.69) is 211 Å². The first-order valence-electron chi connectivity index (χ1n) is 21.3. The van der Waals surface area contributed by atoms with Gasteiger partial charge in [0.25, 0.3) is 0 Å². The van der Waals surface area contributed by atoms with Gasteiger partial charge in [-0.1, -0.05) is 176 Å². The van der Waals surface area contributed by atoms with E-state index in [0.717, 1.165) is 40.0 Å². The summed E-state index contributed by atoms with van der Waals surface area (Å²) in [4.78, 5) is 2.28. The minimum atomic E-state index is -0.390. The molecule has 8 aromatic carbocycles. The van der Waals surface area contributed by atoms with Crippen molar-refractivity contribution in [3.8, 4) is 0 Å². The average Bonchev–Trinajstić information content (AvgIpc) is 3.97. The first-order chi connectivity index (χ1) is 29.0. The minimum Gasteiger partial charge on any atom is -0.393 e. The van der Waals surface area contributed by atoms with Crippen molar-refractivity contribution in [1.29, 1.82) is 0 Å². The van der Waals surface area contributed by atoms with Crippen LogP contribution >= 0.6 is 0 Å². The monoisotopic (exact) mass is 787 g/mol. The summed E-state index contributed by atoms with van der Waals surface area (Å²) in [6, 6.07) is 63.4. The smallest absolute Gasteiger partial charge is 0.0552 e. The highest BCUT2D eigenvalue weighted by Gasteiger charge is 2.35. The molecule has 1 aliphatic carbocycles. The van der Waals surface area contributed by atoms with Gasteiger partial charge < -0.3 is 10.0 Å². The van der Waals surface area contributed by atoms with Gasteiger partial charge in [-0.2, -0.15) is 0 Å². The Labute approximate surface area is 359 Å². The molecule has 0 saturated heterocycles. The van der Waals surface area contributed by atoms with Crippen LogP contribution in [0.2, 0.25) is 0 Å². The van der Waals surface area contributed by atoms with Crippen molar-refractivity contribution in [2.24, 2.45) is 5.92 Å². The minimum absolute atomic E-state index is 0.390. The zero-order valence-corrected chi connectivity index (χ0v) is 36.6. The Kier molecular flexibility index (Phi) is 14.9. The molecule has 304 valence electrons. The molecule has 1 saturated carbocycles. The van der Waals surface area contributed by atoms with Gasteiger partial charge in [0, 0.05) is 16.8 Å². The van der Waals surface area contributed by atoms with E-state index in [9.17, 15) is 5.11 Å². The number of aliphatic hydroxyl groups is 1. The predicted octanol–water partition coefficient (Wildman–Crippen LogP) is 16.0. The lowest BCUT2D eigenvalue weighted by Crippen LogP contribution is -2.10. The van der Waals surface area contributed by atoms with Gasteiger partial charge >= 0.3 is 0 Å². The van der Waals surface area contributed by atoms with Gasteiger partial charge in [0.05, 0.1) is 11.8 Å². The standard InChI is InChI=1S/C27H25NO.C13H18.C11H10.C7H8/c1-20(19-21(2)29)22-15-17-25(18-16-22)28(24-11-4-3-5-12-24)27-14-8-10-23-9-6-7-13-26(23)27;1-8-5-10(3)13(11(4)6-8)12-7-9(12)2;1-9-5-4-7-10-6-2-3-8-11(9)10;1-7-5-3-2-4-6-7/h3-18,21,29H,1,19H2,2H3;5-6,9,12H,7H2,1-4H3;2-8H,1H3;2-6H,1H3. The summed E-state index contributed by atoms with van der Waals surface area (Å²) >= 11 is 0. The summed E-state index contributed by atoms with van der Waals surface area (Å²) in [7, 11) is 0. The molecular weight excluding hydrogens is 727 g/mol.